The highest BCUT2D eigenvalue weighted by Crippen LogP contribution is 2.60. The summed E-state index contributed by atoms with van der Waals surface area (Å²) in [4.78, 5) is 26.0. The SMILES string of the molecule is C=CC(=O)Oc1ccc(OC(=O)C2CC3c4ccccc4C2(OC)c2ccc(C(C)(C)C)cc23)c2ccccc12. The molecule has 0 heterocycles. The van der Waals surface area contributed by atoms with Gasteiger partial charge in [-0.2, -0.15) is 0 Å². The molecule has 0 fully saturated rings. The number of benzene rings is 4. The van der Waals surface area contributed by atoms with E-state index >= 15 is 0 Å². The molecule has 0 radical (unpaired) electrons. The molecule has 3 unspecified atom stereocenters. The highest BCUT2D eigenvalue weighted by Gasteiger charge is 2.58. The molecule has 202 valence electrons. The summed E-state index contributed by atoms with van der Waals surface area (Å²) in [5, 5.41) is 1.34. The van der Waals surface area contributed by atoms with Gasteiger partial charge >= 0.3 is 11.9 Å². The Hall–Kier alpha value is -4.22. The summed E-state index contributed by atoms with van der Waals surface area (Å²) in [6.45, 7) is 10.1. The number of ether oxygens (including phenoxy) is 3. The van der Waals surface area contributed by atoms with Crippen molar-refractivity contribution in [3.05, 3.63) is 119 Å². The van der Waals surface area contributed by atoms with Crippen molar-refractivity contribution in [2.45, 2.75) is 44.1 Å². The molecule has 0 saturated heterocycles. The average Bonchev–Trinajstić information content (AvgIpc) is 2.97. The minimum absolute atomic E-state index is 0.00295. The van der Waals surface area contributed by atoms with Gasteiger partial charge in [0.25, 0.3) is 0 Å². The summed E-state index contributed by atoms with van der Waals surface area (Å²) in [5.74, 6) is -0.621. The predicted octanol–water partition coefficient (Wildman–Crippen LogP) is 7.19. The molecule has 40 heavy (non-hydrogen) atoms. The van der Waals surface area contributed by atoms with Crippen molar-refractivity contribution in [1.82, 2.24) is 0 Å². The second-order valence-electron chi connectivity index (χ2n) is 11.6. The lowest BCUT2D eigenvalue weighted by molar-refractivity contribution is -0.152. The number of hydrogen-bond donors (Lipinski definition) is 0. The summed E-state index contributed by atoms with van der Waals surface area (Å²) in [6.07, 6.45) is 1.70. The average molecular weight is 533 g/mol. The van der Waals surface area contributed by atoms with Crippen molar-refractivity contribution in [1.29, 1.82) is 0 Å². The van der Waals surface area contributed by atoms with E-state index < -0.39 is 17.5 Å². The second-order valence-corrected chi connectivity index (χ2v) is 11.6. The van der Waals surface area contributed by atoms with E-state index in [4.69, 9.17) is 14.2 Å². The Labute approximate surface area is 234 Å². The predicted molar refractivity (Wildman–Crippen MR) is 155 cm³/mol. The Bertz CT molecular complexity index is 1680. The molecule has 7 rings (SSSR count). The van der Waals surface area contributed by atoms with Gasteiger partial charge in [0.2, 0.25) is 0 Å². The van der Waals surface area contributed by atoms with Crippen molar-refractivity contribution >= 4 is 22.7 Å². The van der Waals surface area contributed by atoms with Crippen LogP contribution in [0.5, 0.6) is 11.5 Å². The minimum Gasteiger partial charge on any atom is -0.426 e. The van der Waals surface area contributed by atoms with Crippen LogP contribution in [0.4, 0.5) is 0 Å². The van der Waals surface area contributed by atoms with Gasteiger partial charge in [0.15, 0.2) is 0 Å². The van der Waals surface area contributed by atoms with Gasteiger partial charge in [-0.05, 0) is 51.8 Å². The fourth-order valence-corrected chi connectivity index (χ4v) is 6.51. The van der Waals surface area contributed by atoms with E-state index in [1.807, 2.05) is 30.3 Å². The fraction of sp³-hybridized carbons (Fsp3) is 0.257. The maximum absolute atomic E-state index is 14.1. The lowest BCUT2D eigenvalue weighted by Crippen LogP contribution is -2.52. The molecule has 0 aliphatic heterocycles. The second kappa shape index (κ2) is 9.46. The smallest absolute Gasteiger partial charge is 0.335 e. The van der Waals surface area contributed by atoms with E-state index in [9.17, 15) is 9.59 Å². The zero-order chi connectivity index (χ0) is 28.2. The molecule has 3 aliphatic rings. The van der Waals surface area contributed by atoms with Crippen molar-refractivity contribution in [3.8, 4) is 11.5 Å². The van der Waals surface area contributed by atoms with Crippen molar-refractivity contribution in [2.75, 3.05) is 7.11 Å². The van der Waals surface area contributed by atoms with Crippen molar-refractivity contribution in [3.63, 3.8) is 0 Å². The number of hydrogen-bond acceptors (Lipinski definition) is 5. The summed E-state index contributed by atoms with van der Waals surface area (Å²) in [7, 11) is 1.68. The van der Waals surface area contributed by atoms with Gasteiger partial charge in [-0.15, -0.1) is 0 Å². The van der Waals surface area contributed by atoms with Crippen LogP contribution < -0.4 is 9.47 Å². The summed E-state index contributed by atoms with van der Waals surface area (Å²) in [5.41, 5.74) is 4.74. The van der Waals surface area contributed by atoms with E-state index in [1.54, 1.807) is 19.2 Å². The zero-order valence-electron chi connectivity index (χ0n) is 23.2. The van der Waals surface area contributed by atoms with Gasteiger partial charge in [0.05, 0.1) is 5.92 Å². The normalized spacial score (nSPS) is 20.9. The topological polar surface area (TPSA) is 61.8 Å². The molecule has 5 nitrogen and oxygen atoms in total. The summed E-state index contributed by atoms with van der Waals surface area (Å²) < 4.78 is 18.0. The molecule has 4 aromatic carbocycles. The van der Waals surface area contributed by atoms with Gasteiger partial charge < -0.3 is 14.2 Å². The molecule has 5 heteroatoms. The van der Waals surface area contributed by atoms with Crippen LogP contribution in [0.1, 0.15) is 60.9 Å². The first-order chi connectivity index (χ1) is 19.2. The van der Waals surface area contributed by atoms with Crippen molar-refractivity contribution in [2.24, 2.45) is 5.92 Å². The first-order valence-corrected chi connectivity index (χ1v) is 13.6. The Kier molecular flexibility index (Phi) is 6.15. The number of fused-ring (bicyclic) bond motifs is 2. The highest BCUT2D eigenvalue weighted by molar-refractivity contribution is 5.97. The minimum atomic E-state index is -0.969. The number of methoxy groups -OCH3 is 1. The zero-order valence-corrected chi connectivity index (χ0v) is 23.2. The maximum atomic E-state index is 14.1. The molecule has 3 atom stereocenters. The maximum Gasteiger partial charge on any atom is 0.335 e. The first-order valence-electron chi connectivity index (χ1n) is 13.6. The van der Waals surface area contributed by atoms with Crippen LogP contribution in [0, 0.1) is 5.92 Å². The van der Waals surface area contributed by atoms with Crippen LogP contribution in [0.15, 0.2) is 91.5 Å². The van der Waals surface area contributed by atoms with Gasteiger partial charge in [-0.3, -0.25) is 4.79 Å². The molecular formula is C35H32O5. The third kappa shape index (κ3) is 3.88. The largest absolute Gasteiger partial charge is 0.426 e. The van der Waals surface area contributed by atoms with Crippen molar-refractivity contribution < 1.29 is 23.8 Å². The highest BCUT2D eigenvalue weighted by atomic mass is 16.5. The lowest BCUT2D eigenvalue weighted by Gasteiger charge is -2.52. The Balaban J connectivity index is 1.44. The van der Waals surface area contributed by atoms with Gasteiger partial charge in [0, 0.05) is 29.9 Å². The third-order valence-electron chi connectivity index (χ3n) is 8.43. The number of carbonyl (C=O) groups is 2. The molecule has 4 aromatic rings. The molecule has 0 aromatic heterocycles. The molecule has 3 aliphatic carbocycles. The molecule has 0 saturated carbocycles. The van der Waals surface area contributed by atoms with Crippen LogP contribution in [0.3, 0.4) is 0 Å². The van der Waals surface area contributed by atoms with E-state index in [1.165, 1.54) is 16.7 Å². The molecule has 2 bridgehead atoms. The Morgan fingerprint density at radius 1 is 0.850 bits per heavy atom. The molecular weight excluding hydrogens is 500 g/mol. The quantitative estimate of drug-likeness (QED) is 0.155. The lowest BCUT2D eigenvalue weighted by atomic mass is 9.56. The van der Waals surface area contributed by atoms with Crippen LogP contribution in [-0.2, 0) is 25.3 Å². The summed E-state index contributed by atoms with van der Waals surface area (Å²) >= 11 is 0. The Morgan fingerprint density at radius 3 is 2.12 bits per heavy atom. The number of rotatable bonds is 5. The summed E-state index contributed by atoms with van der Waals surface area (Å²) in [6, 6.07) is 25.6. The van der Waals surface area contributed by atoms with Crippen LogP contribution >= 0.6 is 0 Å². The standard InChI is InChI=1S/C35H32O5/c1-6-32(36)39-30-17-18-31(24-13-8-7-12-23(24)30)40-33(37)29-20-25-22-11-9-10-14-27(22)35(29,38-5)28-16-15-21(19-26(25)28)34(2,3)4/h6-19,25,29H,1,20H2,2-5H3. The molecule has 0 N–H and O–H groups in total. The fourth-order valence-electron chi connectivity index (χ4n) is 6.51. The Morgan fingerprint density at radius 2 is 1.48 bits per heavy atom. The van der Waals surface area contributed by atoms with Crippen LogP contribution in [0.25, 0.3) is 10.8 Å². The first kappa shape index (κ1) is 26.0. The van der Waals surface area contributed by atoms with Crippen LogP contribution in [-0.4, -0.2) is 19.0 Å². The monoisotopic (exact) mass is 532 g/mol. The van der Waals surface area contributed by atoms with Crippen LogP contribution in [0.2, 0.25) is 0 Å². The van der Waals surface area contributed by atoms with Gasteiger partial charge in [0.1, 0.15) is 17.1 Å². The van der Waals surface area contributed by atoms with E-state index in [2.05, 4.69) is 63.7 Å². The van der Waals surface area contributed by atoms with E-state index in [0.29, 0.717) is 28.7 Å². The number of esters is 2. The van der Waals surface area contributed by atoms with Gasteiger partial charge in [-0.25, -0.2) is 4.79 Å². The van der Waals surface area contributed by atoms with Gasteiger partial charge in [-0.1, -0.05) is 94.1 Å². The molecule has 0 amide bonds. The van der Waals surface area contributed by atoms with E-state index in [-0.39, 0.29) is 17.3 Å². The number of carbonyl (C=O) groups excluding carboxylic acids is 2. The van der Waals surface area contributed by atoms with E-state index in [0.717, 1.165) is 17.2 Å². The third-order valence-corrected chi connectivity index (χ3v) is 8.43. The molecule has 0 spiro atoms.